The highest BCUT2D eigenvalue weighted by Gasteiger charge is 2.26. The normalized spacial score (nSPS) is 17.2. The fourth-order valence-electron chi connectivity index (χ4n) is 1.91. The number of alkyl halides is 1. The van der Waals surface area contributed by atoms with Crippen LogP contribution in [0.1, 0.15) is 23.8 Å². The molecule has 0 aromatic heterocycles. The first-order valence-electron chi connectivity index (χ1n) is 5.47. The van der Waals surface area contributed by atoms with Crippen molar-refractivity contribution in [3.63, 3.8) is 0 Å². The Kier molecular flexibility index (Phi) is 4.34. The molecule has 1 fully saturated rings. The lowest BCUT2D eigenvalue weighted by Crippen LogP contribution is -2.30. The molecule has 1 aromatic rings. The van der Waals surface area contributed by atoms with Crippen LogP contribution in [0.25, 0.3) is 0 Å². The molecule has 0 N–H and O–H groups in total. The molecule has 0 spiro atoms. The van der Waals surface area contributed by atoms with E-state index in [1.165, 1.54) is 0 Å². The highest BCUT2D eigenvalue weighted by atomic mass is 79.9. The van der Waals surface area contributed by atoms with Crippen LogP contribution in [-0.4, -0.2) is 23.9 Å². The number of benzene rings is 1. The molecule has 1 saturated heterocycles. The van der Waals surface area contributed by atoms with Gasteiger partial charge in [0.15, 0.2) is 0 Å². The van der Waals surface area contributed by atoms with Gasteiger partial charge in [0.05, 0.1) is 5.02 Å². The number of nitrogens with zero attached hydrogens (tertiary/aromatic N) is 1. The number of carbonyl (C=O) groups excluding carboxylic acids is 1. The minimum atomic E-state index is -0.640. The van der Waals surface area contributed by atoms with Gasteiger partial charge in [-0.2, -0.15) is 0 Å². The van der Waals surface area contributed by atoms with Gasteiger partial charge in [-0.15, -0.1) is 11.6 Å². The summed E-state index contributed by atoms with van der Waals surface area (Å²) in [6, 6.07) is 5.36. The van der Waals surface area contributed by atoms with Crippen molar-refractivity contribution in [2.45, 2.75) is 18.2 Å². The molecule has 2 rings (SSSR count). The number of halogens is 3. The van der Waals surface area contributed by atoms with Gasteiger partial charge in [0.25, 0.3) is 0 Å². The van der Waals surface area contributed by atoms with Gasteiger partial charge >= 0.3 is 0 Å². The summed E-state index contributed by atoms with van der Waals surface area (Å²) in [5.41, 5.74) is 0.747. The van der Waals surface area contributed by atoms with Crippen molar-refractivity contribution in [3.05, 3.63) is 33.3 Å². The Hall–Kier alpha value is -0.250. The van der Waals surface area contributed by atoms with E-state index in [2.05, 4.69) is 15.9 Å². The van der Waals surface area contributed by atoms with Crippen molar-refractivity contribution >= 4 is 45.0 Å². The second-order valence-electron chi connectivity index (χ2n) is 4.07. The van der Waals surface area contributed by atoms with E-state index in [4.69, 9.17) is 23.2 Å². The van der Waals surface area contributed by atoms with Crippen LogP contribution in [0.15, 0.2) is 22.7 Å². The third kappa shape index (κ3) is 2.95. The van der Waals surface area contributed by atoms with Crippen molar-refractivity contribution in [3.8, 4) is 0 Å². The van der Waals surface area contributed by atoms with E-state index in [0.717, 1.165) is 36.0 Å². The molecule has 1 amide bonds. The number of hydrogen-bond acceptors (Lipinski definition) is 1. The third-order valence-electron chi connectivity index (χ3n) is 2.87. The SMILES string of the molecule is O=C(C(Cl)c1ccc(Br)c(Cl)c1)N1CCCC1. The first-order chi connectivity index (χ1) is 8.09. The average Bonchev–Trinajstić information content (AvgIpc) is 2.84. The summed E-state index contributed by atoms with van der Waals surface area (Å²) in [4.78, 5) is 13.9. The van der Waals surface area contributed by atoms with E-state index in [-0.39, 0.29) is 5.91 Å². The second-order valence-corrected chi connectivity index (χ2v) is 5.77. The van der Waals surface area contributed by atoms with Gasteiger partial charge < -0.3 is 4.90 Å². The first kappa shape index (κ1) is 13.2. The molecular formula is C12H12BrCl2NO. The Morgan fingerprint density at radius 3 is 2.59 bits per heavy atom. The smallest absolute Gasteiger partial charge is 0.245 e. The molecule has 92 valence electrons. The van der Waals surface area contributed by atoms with E-state index in [1.807, 2.05) is 17.0 Å². The maximum absolute atomic E-state index is 12.1. The predicted octanol–water partition coefficient (Wildman–Crippen LogP) is 4.00. The molecule has 17 heavy (non-hydrogen) atoms. The second kappa shape index (κ2) is 5.59. The van der Waals surface area contributed by atoms with Gasteiger partial charge in [0, 0.05) is 17.6 Å². The number of amides is 1. The molecule has 0 radical (unpaired) electrons. The van der Waals surface area contributed by atoms with E-state index in [1.54, 1.807) is 6.07 Å². The average molecular weight is 337 g/mol. The molecule has 0 aliphatic carbocycles. The van der Waals surface area contributed by atoms with Gasteiger partial charge in [-0.05, 0) is 46.5 Å². The Morgan fingerprint density at radius 1 is 1.35 bits per heavy atom. The summed E-state index contributed by atoms with van der Waals surface area (Å²) < 4.78 is 0.806. The van der Waals surface area contributed by atoms with E-state index < -0.39 is 5.38 Å². The topological polar surface area (TPSA) is 20.3 Å². The van der Waals surface area contributed by atoms with Crippen LogP contribution in [0.4, 0.5) is 0 Å². The quantitative estimate of drug-likeness (QED) is 0.747. The standard InChI is InChI=1S/C12H12BrCl2NO/c13-9-4-3-8(7-10(9)14)11(15)12(17)16-5-1-2-6-16/h3-4,7,11H,1-2,5-6H2. The van der Waals surface area contributed by atoms with Gasteiger partial charge in [-0.3, -0.25) is 4.79 Å². The predicted molar refractivity (Wildman–Crippen MR) is 73.6 cm³/mol. The summed E-state index contributed by atoms with van der Waals surface area (Å²) >= 11 is 15.5. The van der Waals surface area contributed by atoms with Crippen LogP contribution >= 0.6 is 39.1 Å². The van der Waals surface area contributed by atoms with Crippen LogP contribution in [0.2, 0.25) is 5.02 Å². The van der Waals surface area contributed by atoms with Crippen LogP contribution in [0.3, 0.4) is 0 Å². The summed E-state index contributed by atoms with van der Waals surface area (Å²) in [6.45, 7) is 1.62. The van der Waals surface area contributed by atoms with E-state index in [0.29, 0.717) is 5.02 Å². The van der Waals surface area contributed by atoms with Crippen molar-refractivity contribution in [2.24, 2.45) is 0 Å². The van der Waals surface area contributed by atoms with Crippen molar-refractivity contribution in [1.29, 1.82) is 0 Å². The Morgan fingerprint density at radius 2 is 2.00 bits per heavy atom. The fourth-order valence-corrected chi connectivity index (χ4v) is 2.62. The zero-order valence-electron chi connectivity index (χ0n) is 9.13. The zero-order valence-corrected chi connectivity index (χ0v) is 12.2. The Balaban J connectivity index is 2.15. The number of carbonyl (C=O) groups is 1. The molecule has 1 aromatic carbocycles. The molecular weight excluding hydrogens is 325 g/mol. The molecule has 5 heteroatoms. The van der Waals surface area contributed by atoms with Gasteiger partial charge in [0.1, 0.15) is 5.38 Å². The van der Waals surface area contributed by atoms with Gasteiger partial charge in [-0.25, -0.2) is 0 Å². The summed E-state index contributed by atoms with van der Waals surface area (Å²) in [7, 11) is 0. The van der Waals surface area contributed by atoms with Gasteiger partial charge in [0.2, 0.25) is 5.91 Å². The molecule has 0 bridgehead atoms. The molecule has 1 aliphatic rings. The van der Waals surface area contributed by atoms with Crippen LogP contribution < -0.4 is 0 Å². The lowest BCUT2D eigenvalue weighted by Gasteiger charge is -2.19. The number of hydrogen-bond donors (Lipinski definition) is 0. The Bertz CT molecular complexity index is 433. The zero-order chi connectivity index (χ0) is 12.4. The molecule has 0 saturated carbocycles. The first-order valence-corrected chi connectivity index (χ1v) is 7.08. The molecule has 1 unspecified atom stereocenters. The van der Waals surface area contributed by atoms with Gasteiger partial charge in [-0.1, -0.05) is 17.7 Å². The lowest BCUT2D eigenvalue weighted by atomic mass is 10.1. The van der Waals surface area contributed by atoms with Crippen molar-refractivity contribution < 1.29 is 4.79 Å². The summed E-state index contributed by atoms with van der Waals surface area (Å²) in [5.74, 6) is -0.0254. The van der Waals surface area contributed by atoms with Crippen molar-refractivity contribution in [2.75, 3.05) is 13.1 Å². The molecule has 2 nitrogen and oxygen atoms in total. The number of rotatable bonds is 2. The van der Waals surface area contributed by atoms with Crippen molar-refractivity contribution in [1.82, 2.24) is 4.90 Å². The summed E-state index contributed by atoms with van der Waals surface area (Å²) in [5, 5.41) is -0.0685. The minimum absolute atomic E-state index is 0.0254. The Labute approximate surface area is 119 Å². The molecule has 1 heterocycles. The molecule has 1 aliphatic heterocycles. The fraction of sp³-hybridized carbons (Fsp3) is 0.417. The highest BCUT2D eigenvalue weighted by Crippen LogP contribution is 2.30. The summed E-state index contributed by atoms with van der Waals surface area (Å²) in [6.07, 6.45) is 2.13. The molecule has 1 atom stereocenters. The third-order valence-corrected chi connectivity index (χ3v) is 4.54. The van der Waals surface area contributed by atoms with E-state index in [9.17, 15) is 4.79 Å². The maximum atomic E-state index is 12.1. The largest absolute Gasteiger partial charge is 0.341 e. The van der Waals surface area contributed by atoms with Crippen LogP contribution in [0.5, 0.6) is 0 Å². The lowest BCUT2D eigenvalue weighted by molar-refractivity contribution is -0.129. The highest BCUT2D eigenvalue weighted by molar-refractivity contribution is 9.10. The number of likely N-dealkylation sites (tertiary alicyclic amines) is 1. The van der Waals surface area contributed by atoms with E-state index >= 15 is 0 Å². The monoisotopic (exact) mass is 335 g/mol. The van der Waals surface area contributed by atoms with Crippen LogP contribution in [0, 0.1) is 0 Å². The maximum Gasteiger partial charge on any atom is 0.245 e. The van der Waals surface area contributed by atoms with Crippen LogP contribution in [-0.2, 0) is 4.79 Å². The minimum Gasteiger partial charge on any atom is -0.341 e.